The van der Waals surface area contributed by atoms with Crippen molar-refractivity contribution in [2.75, 3.05) is 31.6 Å². The second kappa shape index (κ2) is 6.02. The Morgan fingerprint density at radius 1 is 1.37 bits per heavy atom. The standard InChI is InChI=1S/C14H20FN3O/c1-17(10-14(19)18-4-2-3-5-18)13-7-11(9-16)6-12(15)8-13/h6-8H,2-5,9-10,16H2,1H3. The minimum atomic E-state index is -0.321. The van der Waals surface area contributed by atoms with Gasteiger partial charge >= 0.3 is 0 Å². The van der Waals surface area contributed by atoms with Crippen LogP contribution in [0.25, 0.3) is 0 Å². The molecule has 0 aromatic heterocycles. The first-order chi connectivity index (χ1) is 9.10. The van der Waals surface area contributed by atoms with Crippen LogP contribution in [0.15, 0.2) is 18.2 Å². The van der Waals surface area contributed by atoms with Gasteiger partial charge < -0.3 is 15.5 Å². The normalized spacial score (nSPS) is 14.8. The van der Waals surface area contributed by atoms with Crippen molar-refractivity contribution in [3.63, 3.8) is 0 Å². The van der Waals surface area contributed by atoms with Gasteiger partial charge in [0, 0.05) is 32.4 Å². The molecule has 1 fully saturated rings. The van der Waals surface area contributed by atoms with E-state index in [-0.39, 0.29) is 18.3 Å². The Morgan fingerprint density at radius 3 is 2.68 bits per heavy atom. The molecule has 1 aromatic rings. The van der Waals surface area contributed by atoms with Crippen molar-refractivity contribution in [3.05, 3.63) is 29.6 Å². The van der Waals surface area contributed by atoms with E-state index in [9.17, 15) is 9.18 Å². The lowest BCUT2D eigenvalue weighted by Gasteiger charge is -2.23. The minimum absolute atomic E-state index is 0.0959. The largest absolute Gasteiger partial charge is 0.365 e. The van der Waals surface area contributed by atoms with E-state index >= 15 is 0 Å². The number of nitrogens with zero attached hydrogens (tertiary/aromatic N) is 2. The smallest absolute Gasteiger partial charge is 0.242 e. The van der Waals surface area contributed by atoms with Gasteiger partial charge in [0.1, 0.15) is 5.82 Å². The van der Waals surface area contributed by atoms with Crippen LogP contribution in [0, 0.1) is 5.82 Å². The third-order valence-electron chi connectivity index (χ3n) is 3.45. The summed E-state index contributed by atoms with van der Waals surface area (Å²) in [7, 11) is 1.79. The van der Waals surface area contributed by atoms with Crippen molar-refractivity contribution in [1.29, 1.82) is 0 Å². The van der Waals surface area contributed by atoms with Gasteiger partial charge in [-0.2, -0.15) is 0 Å². The Balaban J connectivity index is 2.04. The quantitative estimate of drug-likeness (QED) is 0.894. The summed E-state index contributed by atoms with van der Waals surface area (Å²) >= 11 is 0. The molecule has 1 saturated heterocycles. The molecule has 1 heterocycles. The number of nitrogens with two attached hydrogens (primary N) is 1. The van der Waals surface area contributed by atoms with E-state index in [1.807, 2.05) is 11.0 Å². The summed E-state index contributed by atoms with van der Waals surface area (Å²) in [5, 5.41) is 0. The van der Waals surface area contributed by atoms with Gasteiger partial charge in [0.15, 0.2) is 0 Å². The molecule has 1 aliphatic rings. The van der Waals surface area contributed by atoms with Crippen LogP contribution >= 0.6 is 0 Å². The molecule has 2 rings (SSSR count). The number of anilines is 1. The second-order valence-corrected chi connectivity index (χ2v) is 4.97. The molecule has 0 aliphatic carbocycles. The van der Waals surface area contributed by atoms with Crippen LogP contribution in [0.1, 0.15) is 18.4 Å². The maximum Gasteiger partial charge on any atom is 0.242 e. The van der Waals surface area contributed by atoms with Gasteiger partial charge in [-0.1, -0.05) is 0 Å². The maximum absolute atomic E-state index is 13.4. The molecule has 1 aliphatic heterocycles. The molecule has 1 aromatic carbocycles. The van der Waals surface area contributed by atoms with Crippen molar-refractivity contribution >= 4 is 11.6 Å². The molecule has 19 heavy (non-hydrogen) atoms. The van der Waals surface area contributed by atoms with Gasteiger partial charge in [-0.15, -0.1) is 0 Å². The molecular weight excluding hydrogens is 245 g/mol. The topological polar surface area (TPSA) is 49.6 Å². The number of amides is 1. The molecule has 0 radical (unpaired) electrons. The van der Waals surface area contributed by atoms with E-state index in [1.165, 1.54) is 12.1 Å². The van der Waals surface area contributed by atoms with Gasteiger partial charge in [0.2, 0.25) is 5.91 Å². The lowest BCUT2D eigenvalue weighted by molar-refractivity contribution is -0.128. The van der Waals surface area contributed by atoms with Crippen LogP contribution in [-0.4, -0.2) is 37.5 Å². The molecule has 0 atom stereocenters. The van der Waals surface area contributed by atoms with Crippen molar-refractivity contribution in [1.82, 2.24) is 4.90 Å². The molecule has 0 saturated carbocycles. The van der Waals surface area contributed by atoms with E-state index in [2.05, 4.69) is 0 Å². The summed E-state index contributed by atoms with van der Waals surface area (Å²) in [6.07, 6.45) is 2.15. The van der Waals surface area contributed by atoms with Crippen LogP contribution < -0.4 is 10.6 Å². The van der Waals surface area contributed by atoms with Crippen LogP contribution in [0.3, 0.4) is 0 Å². The highest BCUT2D eigenvalue weighted by Crippen LogP contribution is 2.18. The fraction of sp³-hybridized carbons (Fsp3) is 0.500. The summed E-state index contributed by atoms with van der Waals surface area (Å²) < 4.78 is 13.4. The van der Waals surface area contributed by atoms with E-state index in [0.29, 0.717) is 12.2 Å². The predicted molar refractivity (Wildman–Crippen MR) is 73.4 cm³/mol. The fourth-order valence-electron chi connectivity index (χ4n) is 2.33. The maximum atomic E-state index is 13.4. The Labute approximate surface area is 113 Å². The number of likely N-dealkylation sites (N-methyl/N-ethyl adjacent to an activating group) is 1. The van der Waals surface area contributed by atoms with Crippen molar-refractivity contribution in [2.24, 2.45) is 5.73 Å². The number of carbonyl (C=O) groups excluding carboxylic acids is 1. The number of hydrogen-bond donors (Lipinski definition) is 1. The molecule has 4 nitrogen and oxygen atoms in total. The summed E-state index contributed by atoms with van der Waals surface area (Å²) in [6, 6.07) is 4.66. The zero-order valence-electron chi connectivity index (χ0n) is 11.2. The highest BCUT2D eigenvalue weighted by molar-refractivity contribution is 5.81. The third kappa shape index (κ3) is 3.44. The number of carbonyl (C=O) groups is 1. The van der Waals surface area contributed by atoms with E-state index in [4.69, 9.17) is 5.73 Å². The zero-order valence-corrected chi connectivity index (χ0v) is 11.2. The highest BCUT2D eigenvalue weighted by Gasteiger charge is 2.19. The number of halogens is 1. The third-order valence-corrected chi connectivity index (χ3v) is 3.45. The molecule has 0 bridgehead atoms. The highest BCUT2D eigenvalue weighted by atomic mass is 19.1. The lowest BCUT2D eigenvalue weighted by atomic mass is 10.2. The first-order valence-corrected chi connectivity index (χ1v) is 6.58. The van der Waals surface area contributed by atoms with Crippen LogP contribution in [-0.2, 0) is 11.3 Å². The Hall–Kier alpha value is -1.62. The Morgan fingerprint density at radius 2 is 2.05 bits per heavy atom. The first-order valence-electron chi connectivity index (χ1n) is 6.58. The summed E-state index contributed by atoms with van der Waals surface area (Å²) in [4.78, 5) is 15.7. The monoisotopic (exact) mass is 265 g/mol. The summed E-state index contributed by atoms with van der Waals surface area (Å²) in [6.45, 7) is 2.24. The molecule has 0 unspecified atom stereocenters. The Bertz CT molecular complexity index is 458. The van der Waals surface area contributed by atoms with Gasteiger partial charge in [-0.3, -0.25) is 4.79 Å². The van der Waals surface area contributed by atoms with Gasteiger partial charge in [-0.25, -0.2) is 4.39 Å². The minimum Gasteiger partial charge on any atom is -0.365 e. The summed E-state index contributed by atoms with van der Waals surface area (Å²) in [5.74, 6) is -0.225. The molecular formula is C14H20FN3O. The average molecular weight is 265 g/mol. The molecule has 5 heteroatoms. The summed E-state index contributed by atoms with van der Waals surface area (Å²) in [5.41, 5.74) is 6.95. The molecule has 2 N–H and O–H groups in total. The second-order valence-electron chi connectivity index (χ2n) is 4.97. The Kier molecular flexibility index (Phi) is 4.37. The lowest BCUT2D eigenvalue weighted by Crippen LogP contribution is -2.37. The van der Waals surface area contributed by atoms with E-state index in [0.717, 1.165) is 31.5 Å². The van der Waals surface area contributed by atoms with Gasteiger partial charge in [0.05, 0.1) is 6.54 Å². The van der Waals surface area contributed by atoms with Crippen LogP contribution in [0.5, 0.6) is 0 Å². The van der Waals surface area contributed by atoms with Gasteiger partial charge in [0.25, 0.3) is 0 Å². The van der Waals surface area contributed by atoms with Gasteiger partial charge in [-0.05, 0) is 36.6 Å². The molecule has 1 amide bonds. The molecule has 104 valence electrons. The number of benzene rings is 1. The number of hydrogen-bond acceptors (Lipinski definition) is 3. The zero-order chi connectivity index (χ0) is 13.8. The van der Waals surface area contributed by atoms with Crippen molar-refractivity contribution in [3.8, 4) is 0 Å². The van der Waals surface area contributed by atoms with E-state index in [1.54, 1.807) is 11.9 Å². The SMILES string of the molecule is CN(CC(=O)N1CCCC1)c1cc(F)cc(CN)c1. The predicted octanol–water partition coefficient (Wildman–Crippen LogP) is 1.34. The van der Waals surface area contributed by atoms with E-state index < -0.39 is 0 Å². The van der Waals surface area contributed by atoms with Crippen molar-refractivity contribution in [2.45, 2.75) is 19.4 Å². The van der Waals surface area contributed by atoms with Crippen molar-refractivity contribution < 1.29 is 9.18 Å². The number of likely N-dealkylation sites (tertiary alicyclic amines) is 1. The van der Waals surface area contributed by atoms with Crippen LogP contribution in [0.4, 0.5) is 10.1 Å². The van der Waals surface area contributed by atoms with Crippen LogP contribution in [0.2, 0.25) is 0 Å². The fourth-order valence-corrected chi connectivity index (χ4v) is 2.33. The number of rotatable bonds is 4. The average Bonchev–Trinajstić information content (AvgIpc) is 2.91. The molecule has 0 spiro atoms. The first kappa shape index (κ1) is 13.8.